The summed E-state index contributed by atoms with van der Waals surface area (Å²) in [6.45, 7) is -1.79. The zero-order valence-corrected chi connectivity index (χ0v) is 18.5. The number of aliphatic hydroxyl groups excluding tert-OH is 12. The van der Waals surface area contributed by atoms with E-state index in [1.165, 1.54) is 0 Å². The number of hydrogen-bond donors (Lipinski definition) is 12. The van der Waals surface area contributed by atoms with Crippen molar-refractivity contribution in [1.82, 2.24) is 0 Å². The minimum atomic E-state index is -2.40. The molecule has 0 saturated heterocycles. The first kappa shape index (κ1) is 34.9. The average molecular weight is 569 g/mol. The summed E-state index contributed by atoms with van der Waals surface area (Å²) in [6.07, 6.45) is -21.0. The number of carbonyl (C=O) groups is 2. The van der Waals surface area contributed by atoms with E-state index in [2.05, 4.69) is 0 Å². The molecule has 12 N–H and O–H groups in total. The minimum Gasteiger partial charge on any atom is -0.547 e. The van der Waals surface area contributed by atoms with Crippen LogP contribution >= 0.6 is 0 Å². The minimum absolute atomic E-state index is 0. The van der Waals surface area contributed by atoms with Gasteiger partial charge in [0.15, 0.2) is 0 Å². The van der Waals surface area contributed by atoms with Crippen molar-refractivity contribution in [1.29, 1.82) is 0 Å². The van der Waals surface area contributed by atoms with Gasteiger partial charge < -0.3 is 81.1 Å². The summed E-state index contributed by atoms with van der Waals surface area (Å²) in [5.41, 5.74) is 0. The average Bonchev–Trinajstić information content (AvgIpc) is 2.73. The maximum Gasteiger partial charge on any atom is 2.00 e. The molecule has 0 aliphatic heterocycles. The van der Waals surface area contributed by atoms with Crippen molar-refractivity contribution in [3.63, 3.8) is 0 Å². The number of carbonyl (C=O) groups excluding carboxylic acids is 2. The number of aliphatic carboxylic acids is 2. The molecule has 0 bridgehead atoms. The van der Waals surface area contributed by atoms with Gasteiger partial charge >= 0.3 is 23.9 Å². The molecule has 182 valence electrons. The standard InChI is InChI=1S/2C7H14O8.Sn/c2*8-1-2(9)3(10)4(11)5(12)6(13)7(14)15;/h2*2-6,8-13H,1H2,(H,14,15);/q;;+2/p-2/t2*2-,3+,4-,5-,6-;/m11./s1. The van der Waals surface area contributed by atoms with Gasteiger partial charge in [-0.25, -0.2) is 0 Å². The molecular formula is C14H26O16Sn. The van der Waals surface area contributed by atoms with Crippen molar-refractivity contribution in [2.45, 2.75) is 61.0 Å². The van der Waals surface area contributed by atoms with E-state index in [-0.39, 0.29) is 23.9 Å². The Morgan fingerprint density at radius 3 is 0.903 bits per heavy atom. The third kappa shape index (κ3) is 11.6. The molecule has 0 aromatic heterocycles. The van der Waals surface area contributed by atoms with E-state index in [4.69, 9.17) is 61.3 Å². The van der Waals surface area contributed by atoms with Crippen molar-refractivity contribution < 1.29 is 81.1 Å². The molecular weight excluding hydrogens is 543 g/mol. The van der Waals surface area contributed by atoms with E-state index in [1.807, 2.05) is 0 Å². The van der Waals surface area contributed by atoms with E-state index in [1.54, 1.807) is 0 Å². The van der Waals surface area contributed by atoms with Gasteiger partial charge in [-0.1, -0.05) is 0 Å². The van der Waals surface area contributed by atoms with E-state index < -0.39 is 86.2 Å². The molecule has 0 unspecified atom stereocenters. The van der Waals surface area contributed by atoms with Crippen LogP contribution in [0.1, 0.15) is 0 Å². The van der Waals surface area contributed by atoms with Gasteiger partial charge in [0.1, 0.15) is 61.0 Å². The Balaban J connectivity index is -0.000000490. The molecule has 0 aromatic rings. The van der Waals surface area contributed by atoms with Crippen LogP contribution in [0.15, 0.2) is 0 Å². The molecule has 2 radical (unpaired) electrons. The van der Waals surface area contributed by atoms with Gasteiger partial charge in [-0.15, -0.1) is 0 Å². The molecule has 0 fully saturated rings. The SMILES string of the molecule is O=C([O-])[C@H](O)[C@H](O)[C@H](O)[C@@H](O)[C@H](O)CO.O=C([O-])[C@H](O)[C@H](O)[C@H](O)[C@@H](O)[C@H](O)CO.[Sn+2]. The van der Waals surface area contributed by atoms with Crippen molar-refractivity contribution in [2.24, 2.45) is 0 Å². The fourth-order valence-electron chi connectivity index (χ4n) is 1.73. The van der Waals surface area contributed by atoms with Gasteiger partial charge in [0.05, 0.1) is 25.2 Å². The van der Waals surface area contributed by atoms with E-state index >= 15 is 0 Å². The van der Waals surface area contributed by atoms with E-state index in [0.717, 1.165) is 0 Å². The molecule has 0 aliphatic rings. The Kier molecular flexibility index (Phi) is 18.9. The molecule has 0 heterocycles. The quantitative estimate of drug-likeness (QED) is 0.0971. The first-order chi connectivity index (χ1) is 13.6. The van der Waals surface area contributed by atoms with Crippen LogP contribution in [0.2, 0.25) is 0 Å². The summed E-state index contributed by atoms with van der Waals surface area (Å²) in [5, 5.41) is 126. The third-order valence-electron chi connectivity index (χ3n) is 3.69. The smallest absolute Gasteiger partial charge is 0.547 e. The molecule has 0 aliphatic carbocycles. The first-order valence-electron chi connectivity index (χ1n) is 8.09. The fraction of sp³-hybridized carbons (Fsp3) is 0.857. The molecule has 17 heteroatoms. The molecule has 10 atom stereocenters. The number of carboxylic acids is 2. The maximum atomic E-state index is 10.1. The Bertz CT molecular complexity index is 465. The summed E-state index contributed by atoms with van der Waals surface area (Å²) in [7, 11) is 0. The van der Waals surface area contributed by atoms with Crippen LogP contribution < -0.4 is 10.2 Å². The van der Waals surface area contributed by atoms with Gasteiger partial charge in [-0.05, 0) is 0 Å². The zero-order valence-electron chi connectivity index (χ0n) is 15.7. The summed E-state index contributed by atoms with van der Waals surface area (Å²) < 4.78 is 0. The Hall–Kier alpha value is -0.741. The zero-order chi connectivity index (χ0) is 24.3. The van der Waals surface area contributed by atoms with Crippen molar-refractivity contribution in [3.8, 4) is 0 Å². The Morgan fingerprint density at radius 1 is 0.516 bits per heavy atom. The van der Waals surface area contributed by atoms with Gasteiger partial charge in [0, 0.05) is 0 Å². The molecule has 0 aromatic carbocycles. The second-order valence-corrected chi connectivity index (χ2v) is 5.97. The monoisotopic (exact) mass is 570 g/mol. The maximum absolute atomic E-state index is 10.1. The van der Waals surface area contributed by atoms with Crippen LogP contribution in [0.3, 0.4) is 0 Å². The van der Waals surface area contributed by atoms with Crippen molar-refractivity contribution in [3.05, 3.63) is 0 Å². The van der Waals surface area contributed by atoms with Crippen molar-refractivity contribution in [2.75, 3.05) is 13.2 Å². The first-order valence-corrected chi connectivity index (χ1v) is 8.09. The topological polar surface area (TPSA) is 323 Å². The molecule has 0 saturated carbocycles. The number of rotatable bonds is 12. The second-order valence-electron chi connectivity index (χ2n) is 5.97. The van der Waals surface area contributed by atoms with Crippen LogP contribution in [-0.2, 0) is 9.59 Å². The predicted octanol–water partition coefficient (Wildman–Crippen LogP) is -11.3. The normalized spacial score (nSPS) is 20.8. The largest absolute Gasteiger partial charge is 2.00 e. The molecule has 31 heavy (non-hydrogen) atoms. The predicted molar refractivity (Wildman–Crippen MR) is 90.0 cm³/mol. The number of hydrogen-bond acceptors (Lipinski definition) is 16. The number of aliphatic hydroxyl groups is 12. The second kappa shape index (κ2) is 16.8. The van der Waals surface area contributed by atoms with Crippen LogP contribution in [0, 0.1) is 0 Å². The third-order valence-corrected chi connectivity index (χ3v) is 3.69. The van der Waals surface area contributed by atoms with Crippen LogP contribution in [0.4, 0.5) is 0 Å². The molecule has 16 nitrogen and oxygen atoms in total. The summed E-state index contributed by atoms with van der Waals surface area (Å²) in [6, 6.07) is 0. The van der Waals surface area contributed by atoms with Gasteiger partial charge in [-0.2, -0.15) is 0 Å². The van der Waals surface area contributed by atoms with Crippen LogP contribution in [-0.4, -0.2) is 171 Å². The van der Waals surface area contributed by atoms with Crippen molar-refractivity contribution >= 4 is 35.8 Å². The summed E-state index contributed by atoms with van der Waals surface area (Å²) >= 11 is 0. The van der Waals surface area contributed by atoms with Crippen LogP contribution in [0.5, 0.6) is 0 Å². The molecule has 0 amide bonds. The van der Waals surface area contributed by atoms with Gasteiger partial charge in [-0.3, -0.25) is 0 Å². The Labute approximate surface area is 191 Å². The van der Waals surface area contributed by atoms with Gasteiger partial charge in [0.2, 0.25) is 0 Å². The molecule has 0 rings (SSSR count). The number of carboxylic acid groups (broad SMARTS) is 2. The molecule has 0 spiro atoms. The van der Waals surface area contributed by atoms with Crippen LogP contribution in [0.25, 0.3) is 0 Å². The Morgan fingerprint density at radius 2 is 0.742 bits per heavy atom. The summed E-state index contributed by atoms with van der Waals surface area (Å²) in [5.74, 6) is -4.07. The fourth-order valence-corrected chi connectivity index (χ4v) is 1.73. The van der Waals surface area contributed by atoms with E-state index in [0.29, 0.717) is 0 Å². The van der Waals surface area contributed by atoms with Gasteiger partial charge in [0.25, 0.3) is 0 Å². The van der Waals surface area contributed by atoms with E-state index in [9.17, 15) is 19.8 Å². The summed E-state index contributed by atoms with van der Waals surface area (Å²) in [4.78, 5) is 20.2.